The Bertz CT molecular complexity index is 870. The second-order valence-corrected chi connectivity index (χ2v) is 9.99. The molecule has 2 aromatic rings. The highest BCUT2D eigenvalue weighted by Crippen LogP contribution is 2.34. The maximum atomic E-state index is 12.1. The number of hydrogen-bond donors (Lipinski definition) is 2. The number of H-pyrrole nitrogens is 1. The fraction of sp³-hybridized carbons (Fsp3) is 0.607. The SMILES string of the molecule is CCCCC/C=C/C(=O)NC1CCC(CN2CCC(c3c[nH]c4ccccc34)CC2)CC1. The highest BCUT2D eigenvalue weighted by molar-refractivity contribution is 5.87. The number of piperidine rings is 1. The number of hydrogen-bond acceptors (Lipinski definition) is 2. The number of amides is 1. The number of fused-ring (bicyclic) bond motifs is 1. The van der Waals surface area contributed by atoms with Gasteiger partial charge in [-0.2, -0.15) is 0 Å². The number of nitrogens with zero attached hydrogens (tertiary/aromatic N) is 1. The third-order valence-electron chi connectivity index (χ3n) is 7.60. The van der Waals surface area contributed by atoms with E-state index in [4.69, 9.17) is 0 Å². The smallest absolute Gasteiger partial charge is 0.243 e. The third-order valence-corrected chi connectivity index (χ3v) is 7.60. The van der Waals surface area contributed by atoms with Gasteiger partial charge < -0.3 is 15.2 Å². The first-order valence-corrected chi connectivity index (χ1v) is 13.0. The van der Waals surface area contributed by atoms with E-state index in [9.17, 15) is 4.79 Å². The summed E-state index contributed by atoms with van der Waals surface area (Å²) in [6.45, 7) is 5.87. The molecule has 2 heterocycles. The maximum absolute atomic E-state index is 12.1. The molecule has 1 aromatic carbocycles. The van der Waals surface area contributed by atoms with Gasteiger partial charge in [0.1, 0.15) is 0 Å². The van der Waals surface area contributed by atoms with Crippen molar-refractivity contribution >= 4 is 16.8 Å². The second kappa shape index (κ2) is 11.7. The lowest BCUT2D eigenvalue weighted by Gasteiger charge is -2.36. The number of rotatable bonds is 9. The largest absolute Gasteiger partial charge is 0.361 e. The molecule has 4 rings (SSSR count). The van der Waals surface area contributed by atoms with E-state index in [0.29, 0.717) is 12.0 Å². The number of carbonyl (C=O) groups is 1. The van der Waals surface area contributed by atoms with Gasteiger partial charge in [-0.05, 0) is 94.0 Å². The van der Waals surface area contributed by atoms with Crippen molar-refractivity contribution in [2.75, 3.05) is 19.6 Å². The minimum Gasteiger partial charge on any atom is -0.361 e. The summed E-state index contributed by atoms with van der Waals surface area (Å²) in [5.41, 5.74) is 2.77. The number of carbonyl (C=O) groups excluding carboxylic acids is 1. The van der Waals surface area contributed by atoms with Gasteiger partial charge in [-0.15, -0.1) is 0 Å². The molecular weight excluding hydrogens is 394 g/mol. The molecular formula is C28H41N3O. The van der Waals surface area contributed by atoms with Gasteiger partial charge in [0, 0.05) is 29.7 Å². The van der Waals surface area contributed by atoms with Gasteiger partial charge in [-0.25, -0.2) is 0 Å². The van der Waals surface area contributed by atoms with Crippen LogP contribution in [-0.4, -0.2) is 41.5 Å². The summed E-state index contributed by atoms with van der Waals surface area (Å²) in [6.07, 6.45) is 18.0. The highest BCUT2D eigenvalue weighted by Gasteiger charge is 2.27. The van der Waals surface area contributed by atoms with Gasteiger partial charge in [-0.1, -0.05) is 44.0 Å². The van der Waals surface area contributed by atoms with Crippen LogP contribution in [0.15, 0.2) is 42.6 Å². The zero-order valence-electron chi connectivity index (χ0n) is 19.8. The van der Waals surface area contributed by atoms with Crippen molar-refractivity contribution in [2.24, 2.45) is 5.92 Å². The fourth-order valence-corrected chi connectivity index (χ4v) is 5.66. The molecule has 0 bridgehead atoms. The van der Waals surface area contributed by atoms with Crippen molar-refractivity contribution in [3.05, 3.63) is 48.2 Å². The fourth-order valence-electron chi connectivity index (χ4n) is 5.66. The number of aromatic amines is 1. The normalized spacial score (nSPS) is 23.2. The van der Waals surface area contributed by atoms with Gasteiger partial charge in [0.15, 0.2) is 0 Å². The van der Waals surface area contributed by atoms with E-state index in [2.05, 4.69) is 52.6 Å². The summed E-state index contributed by atoms with van der Waals surface area (Å²) < 4.78 is 0. The highest BCUT2D eigenvalue weighted by atomic mass is 16.1. The molecule has 1 saturated heterocycles. The van der Waals surface area contributed by atoms with Gasteiger partial charge in [0.25, 0.3) is 0 Å². The lowest BCUT2D eigenvalue weighted by Crippen LogP contribution is -2.41. The summed E-state index contributed by atoms with van der Waals surface area (Å²) in [5.74, 6) is 1.57. The van der Waals surface area contributed by atoms with Crippen LogP contribution in [0, 0.1) is 5.92 Å². The third kappa shape index (κ3) is 6.25. The number of aromatic nitrogens is 1. The van der Waals surface area contributed by atoms with E-state index in [1.165, 1.54) is 81.0 Å². The zero-order chi connectivity index (χ0) is 22.2. The summed E-state index contributed by atoms with van der Waals surface area (Å²) >= 11 is 0. The van der Waals surface area contributed by atoms with E-state index in [0.717, 1.165) is 25.2 Å². The Hall–Kier alpha value is -2.07. The summed E-state index contributed by atoms with van der Waals surface area (Å²) in [5, 5.41) is 4.63. The average molecular weight is 436 g/mol. The molecule has 1 amide bonds. The molecule has 0 atom stereocenters. The van der Waals surface area contributed by atoms with Crippen LogP contribution in [0.3, 0.4) is 0 Å². The van der Waals surface area contributed by atoms with Crippen LogP contribution in [0.2, 0.25) is 0 Å². The van der Waals surface area contributed by atoms with Crippen molar-refractivity contribution in [1.82, 2.24) is 15.2 Å². The van der Waals surface area contributed by atoms with Crippen LogP contribution in [0.5, 0.6) is 0 Å². The standard InChI is InChI=1S/C28H41N3O/c1-2-3-4-5-6-11-28(32)30-24-14-12-22(13-15-24)21-31-18-16-23(17-19-31)26-20-29-27-10-8-7-9-25(26)27/h6-11,20,22-24,29H,2-5,12-19,21H2,1H3,(H,30,32)/b11-6+. The minimum absolute atomic E-state index is 0.101. The molecule has 174 valence electrons. The average Bonchev–Trinajstić information content (AvgIpc) is 3.25. The van der Waals surface area contributed by atoms with Gasteiger partial charge in [0.2, 0.25) is 5.91 Å². The number of para-hydroxylation sites is 1. The number of nitrogens with one attached hydrogen (secondary N) is 2. The molecule has 1 aromatic heterocycles. The first kappa shape index (κ1) is 23.1. The minimum atomic E-state index is 0.101. The van der Waals surface area contributed by atoms with Crippen LogP contribution < -0.4 is 5.32 Å². The van der Waals surface area contributed by atoms with E-state index in [-0.39, 0.29) is 5.91 Å². The van der Waals surface area contributed by atoms with E-state index in [1.54, 1.807) is 6.08 Å². The van der Waals surface area contributed by atoms with Crippen LogP contribution in [0.25, 0.3) is 10.9 Å². The van der Waals surface area contributed by atoms with Crippen LogP contribution in [0.4, 0.5) is 0 Å². The van der Waals surface area contributed by atoms with Crippen molar-refractivity contribution in [2.45, 2.75) is 83.1 Å². The molecule has 0 radical (unpaired) electrons. The Labute approximate surface area is 193 Å². The van der Waals surface area contributed by atoms with Crippen LogP contribution in [0.1, 0.15) is 82.6 Å². The molecule has 1 aliphatic carbocycles. The lowest BCUT2D eigenvalue weighted by molar-refractivity contribution is -0.117. The summed E-state index contributed by atoms with van der Waals surface area (Å²) in [4.78, 5) is 18.3. The number of allylic oxidation sites excluding steroid dienone is 1. The molecule has 1 saturated carbocycles. The Morgan fingerprint density at radius 2 is 1.88 bits per heavy atom. The van der Waals surface area contributed by atoms with Crippen molar-refractivity contribution in [3.8, 4) is 0 Å². The topological polar surface area (TPSA) is 48.1 Å². The molecule has 32 heavy (non-hydrogen) atoms. The predicted molar refractivity (Wildman–Crippen MR) is 134 cm³/mol. The summed E-state index contributed by atoms with van der Waals surface area (Å²) in [7, 11) is 0. The zero-order valence-corrected chi connectivity index (χ0v) is 19.8. The molecule has 2 N–H and O–H groups in total. The molecule has 2 aliphatic rings. The lowest BCUT2D eigenvalue weighted by atomic mass is 9.84. The van der Waals surface area contributed by atoms with Crippen LogP contribution in [-0.2, 0) is 4.79 Å². The van der Waals surface area contributed by atoms with Gasteiger partial charge in [-0.3, -0.25) is 4.79 Å². The molecule has 0 spiro atoms. The van der Waals surface area contributed by atoms with Crippen molar-refractivity contribution < 1.29 is 4.79 Å². The first-order valence-electron chi connectivity index (χ1n) is 13.0. The monoisotopic (exact) mass is 435 g/mol. The molecule has 4 nitrogen and oxygen atoms in total. The van der Waals surface area contributed by atoms with E-state index >= 15 is 0 Å². The van der Waals surface area contributed by atoms with Crippen molar-refractivity contribution in [3.63, 3.8) is 0 Å². The Balaban J connectivity index is 1.15. The second-order valence-electron chi connectivity index (χ2n) is 9.99. The Kier molecular flexibility index (Phi) is 8.44. The van der Waals surface area contributed by atoms with Crippen LogP contribution >= 0.6 is 0 Å². The molecule has 4 heteroatoms. The molecule has 2 fully saturated rings. The quantitative estimate of drug-likeness (QED) is 0.366. The summed E-state index contributed by atoms with van der Waals surface area (Å²) in [6, 6.07) is 9.06. The number of likely N-dealkylation sites (tertiary alicyclic amines) is 1. The van der Waals surface area contributed by atoms with Crippen molar-refractivity contribution in [1.29, 1.82) is 0 Å². The van der Waals surface area contributed by atoms with Gasteiger partial charge in [0.05, 0.1) is 0 Å². The number of unbranched alkanes of at least 4 members (excludes halogenated alkanes) is 3. The Morgan fingerprint density at radius 3 is 2.66 bits per heavy atom. The van der Waals surface area contributed by atoms with Gasteiger partial charge >= 0.3 is 0 Å². The maximum Gasteiger partial charge on any atom is 0.243 e. The van der Waals surface area contributed by atoms with E-state index in [1.807, 2.05) is 6.08 Å². The van der Waals surface area contributed by atoms with E-state index < -0.39 is 0 Å². The molecule has 1 aliphatic heterocycles. The Morgan fingerprint density at radius 1 is 1.09 bits per heavy atom. The number of benzene rings is 1. The molecule has 0 unspecified atom stereocenters. The first-order chi connectivity index (χ1) is 15.7. The predicted octanol–water partition coefficient (Wildman–Crippen LogP) is 6.16.